The average molecular weight is 397 g/mol. The SMILES string of the molecule is O=C(Nc1ccc(Nc2ncc(-c3cn[nH]c3)n3ncnc23)cn1)c1ccccc1. The summed E-state index contributed by atoms with van der Waals surface area (Å²) in [7, 11) is 0. The van der Waals surface area contributed by atoms with Crippen molar-refractivity contribution in [2.45, 2.75) is 0 Å². The zero-order valence-corrected chi connectivity index (χ0v) is 15.5. The fourth-order valence-corrected chi connectivity index (χ4v) is 2.95. The van der Waals surface area contributed by atoms with Crippen molar-refractivity contribution in [3.63, 3.8) is 0 Å². The van der Waals surface area contributed by atoms with Crippen molar-refractivity contribution in [1.82, 2.24) is 34.8 Å². The van der Waals surface area contributed by atoms with E-state index in [0.29, 0.717) is 28.5 Å². The highest BCUT2D eigenvalue weighted by atomic mass is 16.1. The largest absolute Gasteiger partial charge is 0.336 e. The highest BCUT2D eigenvalue weighted by Crippen LogP contribution is 2.23. The molecule has 1 aromatic carbocycles. The van der Waals surface area contributed by atoms with Crippen LogP contribution in [0.3, 0.4) is 0 Å². The maximum Gasteiger partial charge on any atom is 0.256 e. The van der Waals surface area contributed by atoms with E-state index in [1.165, 1.54) is 6.33 Å². The molecule has 1 amide bonds. The summed E-state index contributed by atoms with van der Waals surface area (Å²) >= 11 is 0. The minimum Gasteiger partial charge on any atom is -0.336 e. The van der Waals surface area contributed by atoms with Gasteiger partial charge in [0.15, 0.2) is 11.5 Å². The Hall–Kier alpha value is -4.60. The summed E-state index contributed by atoms with van der Waals surface area (Å²) in [6, 6.07) is 12.5. The van der Waals surface area contributed by atoms with E-state index < -0.39 is 0 Å². The highest BCUT2D eigenvalue weighted by Gasteiger charge is 2.13. The van der Waals surface area contributed by atoms with Gasteiger partial charge in [0.25, 0.3) is 5.91 Å². The molecule has 0 saturated carbocycles. The van der Waals surface area contributed by atoms with Crippen LogP contribution < -0.4 is 10.6 Å². The zero-order valence-electron chi connectivity index (χ0n) is 15.5. The van der Waals surface area contributed by atoms with Crippen LogP contribution in [0.5, 0.6) is 0 Å². The molecule has 146 valence electrons. The van der Waals surface area contributed by atoms with Gasteiger partial charge in [0.2, 0.25) is 0 Å². The molecule has 4 heterocycles. The number of hydrogen-bond acceptors (Lipinski definition) is 7. The van der Waals surface area contributed by atoms with Gasteiger partial charge in [0.1, 0.15) is 12.1 Å². The van der Waals surface area contributed by atoms with Gasteiger partial charge >= 0.3 is 0 Å². The molecule has 30 heavy (non-hydrogen) atoms. The van der Waals surface area contributed by atoms with Gasteiger partial charge in [0.05, 0.1) is 30.0 Å². The van der Waals surface area contributed by atoms with Crippen LogP contribution in [0.2, 0.25) is 0 Å². The molecule has 0 spiro atoms. The van der Waals surface area contributed by atoms with Gasteiger partial charge < -0.3 is 10.6 Å². The van der Waals surface area contributed by atoms with E-state index in [1.807, 2.05) is 18.2 Å². The molecule has 3 N–H and O–H groups in total. The summed E-state index contributed by atoms with van der Waals surface area (Å²) in [6.07, 6.45) is 8.22. The molecule has 0 atom stereocenters. The van der Waals surface area contributed by atoms with Crippen molar-refractivity contribution in [3.05, 3.63) is 79.1 Å². The number of anilines is 3. The molecule has 0 fully saturated rings. The third-order valence-electron chi connectivity index (χ3n) is 4.40. The van der Waals surface area contributed by atoms with Crippen LogP contribution in [0, 0.1) is 0 Å². The fourth-order valence-electron chi connectivity index (χ4n) is 2.95. The number of hydrogen-bond donors (Lipinski definition) is 3. The van der Waals surface area contributed by atoms with E-state index in [1.54, 1.807) is 53.6 Å². The van der Waals surface area contributed by atoms with E-state index in [-0.39, 0.29) is 5.91 Å². The number of pyridine rings is 1. The number of H-pyrrole nitrogens is 1. The molecular formula is C20H15N9O. The van der Waals surface area contributed by atoms with Crippen LogP contribution in [0.15, 0.2) is 73.6 Å². The summed E-state index contributed by atoms with van der Waals surface area (Å²) < 4.78 is 1.68. The zero-order chi connectivity index (χ0) is 20.3. The van der Waals surface area contributed by atoms with Crippen LogP contribution in [0.25, 0.3) is 16.9 Å². The second kappa shape index (κ2) is 7.43. The van der Waals surface area contributed by atoms with Crippen LogP contribution in [0.1, 0.15) is 10.4 Å². The second-order valence-electron chi connectivity index (χ2n) is 6.35. The van der Waals surface area contributed by atoms with E-state index in [2.05, 4.69) is 40.9 Å². The number of fused-ring (bicyclic) bond motifs is 1. The maximum atomic E-state index is 12.2. The normalized spacial score (nSPS) is 10.8. The minimum atomic E-state index is -0.217. The second-order valence-corrected chi connectivity index (χ2v) is 6.35. The van der Waals surface area contributed by atoms with E-state index >= 15 is 0 Å². The number of rotatable bonds is 5. The topological polar surface area (TPSA) is 126 Å². The minimum absolute atomic E-state index is 0.217. The predicted molar refractivity (Wildman–Crippen MR) is 110 cm³/mol. The van der Waals surface area contributed by atoms with Crippen LogP contribution in [-0.2, 0) is 0 Å². The molecule has 0 bridgehead atoms. The first-order valence-electron chi connectivity index (χ1n) is 9.05. The van der Waals surface area contributed by atoms with E-state index in [0.717, 1.165) is 11.3 Å². The predicted octanol–water partition coefficient (Wildman–Crippen LogP) is 2.91. The number of aromatic nitrogens is 7. The molecular weight excluding hydrogens is 382 g/mol. The summed E-state index contributed by atoms with van der Waals surface area (Å²) in [5.41, 5.74) is 3.44. The lowest BCUT2D eigenvalue weighted by atomic mass is 10.2. The third kappa shape index (κ3) is 3.33. The van der Waals surface area contributed by atoms with Crippen molar-refractivity contribution in [1.29, 1.82) is 0 Å². The lowest BCUT2D eigenvalue weighted by molar-refractivity contribution is 0.102. The fraction of sp³-hybridized carbons (Fsp3) is 0. The van der Waals surface area contributed by atoms with Gasteiger partial charge in [-0.05, 0) is 24.3 Å². The lowest BCUT2D eigenvalue weighted by Gasteiger charge is -2.09. The van der Waals surface area contributed by atoms with Gasteiger partial charge in [-0.2, -0.15) is 10.2 Å². The molecule has 10 nitrogen and oxygen atoms in total. The summed E-state index contributed by atoms with van der Waals surface area (Å²) in [5, 5.41) is 17.0. The molecule has 4 aromatic heterocycles. The molecule has 0 aliphatic heterocycles. The number of aromatic amines is 1. The number of nitrogens with zero attached hydrogens (tertiary/aromatic N) is 6. The van der Waals surface area contributed by atoms with Crippen LogP contribution >= 0.6 is 0 Å². The number of benzene rings is 1. The maximum absolute atomic E-state index is 12.2. The average Bonchev–Trinajstić information content (AvgIpc) is 3.49. The molecule has 0 saturated heterocycles. The third-order valence-corrected chi connectivity index (χ3v) is 4.40. The Kier molecular flexibility index (Phi) is 4.33. The van der Waals surface area contributed by atoms with Gasteiger partial charge in [0, 0.05) is 17.3 Å². The van der Waals surface area contributed by atoms with Crippen LogP contribution in [0.4, 0.5) is 17.3 Å². The summed E-state index contributed by atoms with van der Waals surface area (Å²) in [5.74, 6) is 0.762. The molecule has 10 heteroatoms. The number of carbonyl (C=O) groups is 1. The number of carbonyl (C=O) groups excluding carboxylic acids is 1. The van der Waals surface area contributed by atoms with E-state index in [4.69, 9.17) is 0 Å². The monoisotopic (exact) mass is 397 g/mol. The Labute approximate surface area is 170 Å². The summed E-state index contributed by atoms with van der Waals surface area (Å²) in [6.45, 7) is 0. The Morgan fingerprint density at radius 3 is 2.63 bits per heavy atom. The Balaban J connectivity index is 1.35. The highest BCUT2D eigenvalue weighted by molar-refractivity contribution is 6.03. The van der Waals surface area contributed by atoms with Gasteiger partial charge in [-0.25, -0.2) is 19.5 Å². The Bertz CT molecular complexity index is 1300. The quantitative estimate of drug-likeness (QED) is 0.416. The number of amides is 1. The molecule has 5 aromatic rings. The van der Waals surface area contributed by atoms with Crippen molar-refractivity contribution in [2.75, 3.05) is 10.6 Å². The van der Waals surface area contributed by atoms with Gasteiger partial charge in [-0.1, -0.05) is 18.2 Å². The summed E-state index contributed by atoms with van der Waals surface area (Å²) in [4.78, 5) is 25.3. The Morgan fingerprint density at radius 1 is 0.967 bits per heavy atom. The first-order valence-corrected chi connectivity index (χ1v) is 9.05. The molecule has 5 rings (SSSR count). The van der Waals surface area contributed by atoms with Crippen molar-refractivity contribution in [3.8, 4) is 11.3 Å². The van der Waals surface area contributed by atoms with Crippen LogP contribution in [-0.4, -0.2) is 40.7 Å². The molecule has 0 unspecified atom stereocenters. The molecule has 0 aliphatic carbocycles. The first kappa shape index (κ1) is 17.5. The smallest absolute Gasteiger partial charge is 0.256 e. The molecule has 0 aliphatic rings. The molecule has 0 radical (unpaired) electrons. The van der Waals surface area contributed by atoms with Crippen molar-refractivity contribution >= 4 is 28.9 Å². The van der Waals surface area contributed by atoms with Crippen molar-refractivity contribution in [2.24, 2.45) is 0 Å². The number of nitrogens with one attached hydrogen (secondary N) is 3. The van der Waals surface area contributed by atoms with Gasteiger partial charge in [-0.3, -0.25) is 9.89 Å². The van der Waals surface area contributed by atoms with Crippen molar-refractivity contribution < 1.29 is 4.79 Å². The standard InChI is InChI=1S/C20H15N9O/c30-20(13-4-2-1-3-5-13)28-17-7-6-15(10-21-17)27-18-19-23-12-26-29(19)16(11-22-18)14-8-24-25-9-14/h1-12H,(H,22,27)(H,24,25)(H,21,28,30). The lowest BCUT2D eigenvalue weighted by Crippen LogP contribution is -2.12. The van der Waals surface area contributed by atoms with Gasteiger partial charge in [-0.15, -0.1) is 0 Å². The first-order chi connectivity index (χ1) is 14.8. The Morgan fingerprint density at radius 2 is 1.87 bits per heavy atom. The van der Waals surface area contributed by atoms with E-state index in [9.17, 15) is 4.79 Å².